The van der Waals surface area contributed by atoms with Crippen LogP contribution in [0.4, 0.5) is 5.69 Å². The number of hydrogen-bond donors (Lipinski definition) is 2. The molecule has 0 radical (unpaired) electrons. The van der Waals surface area contributed by atoms with Gasteiger partial charge in [0.25, 0.3) is 0 Å². The Morgan fingerprint density at radius 3 is 1.80 bits per heavy atom. The van der Waals surface area contributed by atoms with Gasteiger partial charge in [-0.2, -0.15) is 5.26 Å². The van der Waals surface area contributed by atoms with Crippen LogP contribution >= 0.6 is 23.2 Å². The summed E-state index contributed by atoms with van der Waals surface area (Å²) in [7, 11) is 0. The zero-order valence-electron chi connectivity index (χ0n) is 38.9. The van der Waals surface area contributed by atoms with Crippen molar-refractivity contribution in [1.29, 1.82) is 5.26 Å². The molecule has 0 aliphatic carbocycles. The van der Waals surface area contributed by atoms with Gasteiger partial charge in [0.1, 0.15) is 0 Å². The molecule has 0 saturated carbocycles. The van der Waals surface area contributed by atoms with E-state index in [1.54, 1.807) is 0 Å². The molecular weight excluding hydrogens is 774 g/mol. The first-order valence-electron chi connectivity index (χ1n) is 23.8. The number of unbranched alkanes of at least 4 members (excludes halogenated alkanes) is 14. The lowest BCUT2D eigenvalue weighted by molar-refractivity contribution is 0.358. The minimum atomic E-state index is -0.490. The molecule has 1 rings (SSSR count). The molecule has 0 aromatic heterocycles. The summed E-state index contributed by atoms with van der Waals surface area (Å²) in [6.45, 7) is 25.7. The Balaban J connectivity index is 3.71. The van der Waals surface area contributed by atoms with Gasteiger partial charge in [0.15, 0.2) is 0 Å². The molecule has 0 bridgehead atoms. The second-order valence-electron chi connectivity index (χ2n) is 16.9. The first-order chi connectivity index (χ1) is 29.1. The van der Waals surface area contributed by atoms with Gasteiger partial charge >= 0.3 is 0 Å². The van der Waals surface area contributed by atoms with Gasteiger partial charge in [0, 0.05) is 45.4 Å². The van der Waals surface area contributed by atoms with E-state index in [9.17, 15) is 5.26 Å². The van der Waals surface area contributed by atoms with Crippen LogP contribution in [-0.4, -0.2) is 13.1 Å². The summed E-state index contributed by atoms with van der Waals surface area (Å²) in [6.07, 6.45) is 42.4. The molecule has 2 N–H and O–H groups in total. The Kier molecular flexibility index (Phi) is 31.4. The molecule has 3 nitrogen and oxygen atoms in total. The summed E-state index contributed by atoms with van der Waals surface area (Å²) < 4.78 is 0. The molecule has 1 aromatic rings. The van der Waals surface area contributed by atoms with E-state index in [2.05, 4.69) is 113 Å². The smallest absolute Gasteiger partial charge is 0.0991 e. The molecule has 0 fully saturated rings. The fourth-order valence-electron chi connectivity index (χ4n) is 8.38. The molecule has 0 aliphatic heterocycles. The number of halogens is 2. The molecule has 334 valence electrons. The summed E-state index contributed by atoms with van der Waals surface area (Å²) in [5.74, 6) is 0. The highest BCUT2D eigenvalue weighted by molar-refractivity contribution is 6.29. The predicted octanol–water partition coefficient (Wildman–Crippen LogP) is 18.0. The van der Waals surface area contributed by atoms with Crippen LogP contribution in [0.1, 0.15) is 188 Å². The number of anilines is 1. The van der Waals surface area contributed by atoms with Gasteiger partial charge in [-0.1, -0.05) is 222 Å². The van der Waals surface area contributed by atoms with Crippen molar-refractivity contribution in [3.05, 3.63) is 125 Å². The maximum absolute atomic E-state index is 10.6. The SMILES string of the molecule is C=C(Cl)CC(CCCCCCCCCC)(C(=C)/C=C\C=C/C)\C(=C/C=C(C#N)/C=C/CC(CCCCCCCCCC)(CC(=C)Cl)c1ccccc1NCCC)NCCC. The van der Waals surface area contributed by atoms with E-state index in [0.717, 1.165) is 81.4 Å². The number of benzene rings is 1. The zero-order chi connectivity index (χ0) is 44.3. The Morgan fingerprint density at radius 1 is 0.683 bits per heavy atom. The van der Waals surface area contributed by atoms with E-state index in [4.69, 9.17) is 23.2 Å². The van der Waals surface area contributed by atoms with Crippen LogP contribution in [0.25, 0.3) is 0 Å². The number of nitrogens with zero attached hydrogens (tertiary/aromatic N) is 1. The molecule has 0 amide bonds. The monoisotopic (exact) mass is 858 g/mol. The lowest BCUT2D eigenvalue weighted by Gasteiger charge is -2.38. The normalized spacial score (nSPS) is 14.4. The van der Waals surface area contributed by atoms with Crippen molar-refractivity contribution in [2.75, 3.05) is 18.4 Å². The summed E-state index contributed by atoms with van der Waals surface area (Å²) in [5, 5.41) is 19.3. The van der Waals surface area contributed by atoms with Crippen LogP contribution in [-0.2, 0) is 5.41 Å². The van der Waals surface area contributed by atoms with E-state index >= 15 is 0 Å². The molecule has 0 saturated heterocycles. The highest BCUT2D eigenvalue weighted by Crippen LogP contribution is 2.46. The largest absolute Gasteiger partial charge is 0.388 e. The molecule has 60 heavy (non-hydrogen) atoms. The van der Waals surface area contributed by atoms with Gasteiger partial charge in [-0.3, -0.25) is 0 Å². The number of hydrogen-bond acceptors (Lipinski definition) is 3. The molecular formula is C55H85Cl2N3. The van der Waals surface area contributed by atoms with E-state index < -0.39 is 5.41 Å². The quantitative estimate of drug-likeness (QED) is 0.0398. The third kappa shape index (κ3) is 22.1. The van der Waals surface area contributed by atoms with Gasteiger partial charge < -0.3 is 10.6 Å². The van der Waals surface area contributed by atoms with Gasteiger partial charge in [-0.25, -0.2) is 0 Å². The maximum atomic E-state index is 10.6. The standard InChI is InChI=1S/C55H85Cl2N3/c1-9-14-17-19-21-23-25-30-39-54(44-48(7)56,51-35-28-29-36-52(51)59-42-12-4)40-32-34-50(46-58)37-38-53(60-43-13-5)55(45-49(8)57,47(6)33-27-16-11-3)41-31-26-24-22-20-18-15-10-2/h11,16,27-29,32-38,59-60H,6-10,12-15,17-26,30-31,39-45H2,1-5H3/b16-11-,33-27-,34-32+,50-37-,53-38+. The number of allylic oxidation sites excluding steroid dienone is 12. The third-order valence-corrected chi connectivity index (χ3v) is 12.0. The number of nitrogens with one attached hydrogen (secondary N) is 2. The van der Waals surface area contributed by atoms with Gasteiger partial charge in [0.2, 0.25) is 0 Å². The number of para-hydroxylation sites is 1. The molecule has 1 aromatic carbocycles. The number of nitriles is 1. The van der Waals surface area contributed by atoms with Gasteiger partial charge in [-0.05, 0) is 87.3 Å². The average molecular weight is 859 g/mol. The topological polar surface area (TPSA) is 47.9 Å². The Bertz CT molecular complexity index is 1550. The number of rotatable bonds is 37. The van der Waals surface area contributed by atoms with Crippen LogP contribution in [0.15, 0.2) is 120 Å². The first kappa shape index (κ1) is 54.8. The molecule has 0 spiro atoms. The second kappa shape index (κ2) is 34.4. The molecule has 2 atom stereocenters. The fraction of sp³-hybridized carbons (Fsp3) is 0.582. The first-order valence-corrected chi connectivity index (χ1v) is 24.6. The van der Waals surface area contributed by atoms with Crippen molar-refractivity contribution in [3.8, 4) is 6.07 Å². The average Bonchev–Trinajstić information content (AvgIpc) is 3.23. The molecule has 5 heteroatoms. The summed E-state index contributed by atoms with van der Waals surface area (Å²) in [6, 6.07) is 11.2. The van der Waals surface area contributed by atoms with Crippen molar-refractivity contribution >= 4 is 28.9 Å². The van der Waals surface area contributed by atoms with Crippen LogP contribution in [0.5, 0.6) is 0 Å². The minimum absolute atomic E-state index is 0.262. The van der Waals surface area contributed by atoms with Gasteiger partial charge in [0.05, 0.1) is 11.6 Å². The van der Waals surface area contributed by atoms with Crippen LogP contribution < -0.4 is 10.6 Å². The van der Waals surface area contributed by atoms with Crippen molar-refractivity contribution in [1.82, 2.24) is 5.32 Å². The van der Waals surface area contributed by atoms with E-state index in [1.807, 2.05) is 31.2 Å². The molecule has 0 heterocycles. The highest BCUT2D eigenvalue weighted by Gasteiger charge is 2.37. The lowest BCUT2D eigenvalue weighted by atomic mass is 9.70. The lowest BCUT2D eigenvalue weighted by Crippen LogP contribution is -2.34. The second-order valence-corrected chi connectivity index (χ2v) is 18.0. The van der Waals surface area contributed by atoms with Crippen molar-refractivity contribution < 1.29 is 0 Å². The van der Waals surface area contributed by atoms with Crippen LogP contribution in [0.2, 0.25) is 0 Å². The van der Waals surface area contributed by atoms with E-state index in [-0.39, 0.29) is 5.41 Å². The van der Waals surface area contributed by atoms with E-state index in [1.165, 1.54) is 89.0 Å². The van der Waals surface area contributed by atoms with E-state index in [0.29, 0.717) is 28.5 Å². The molecule has 0 aliphatic rings. The third-order valence-electron chi connectivity index (χ3n) is 11.7. The molecule has 2 unspecified atom stereocenters. The maximum Gasteiger partial charge on any atom is 0.0991 e. The zero-order valence-corrected chi connectivity index (χ0v) is 40.4. The van der Waals surface area contributed by atoms with Gasteiger partial charge in [-0.15, -0.1) is 0 Å². The Hall–Kier alpha value is -3.19. The Morgan fingerprint density at radius 2 is 1.25 bits per heavy atom. The van der Waals surface area contributed by atoms with Crippen LogP contribution in [0.3, 0.4) is 0 Å². The van der Waals surface area contributed by atoms with Crippen molar-refractivity contribution in [2.24, 2.45) is 5.41 Å². The fourth-order valence-corrected chi connectivity index (χ4v) is 8.87. The minimum Gasteiger partial charge on any atom is -0.388 e. The van der Waals surface area contributed by atoms with Crippen molar-refractivity contribution in [3.63, 3.8) is 0 Å². The highest BCUT2D eigenvalue weighted by atomic mass is 35.5. The predicted molar refractivity (Wildman–Crippen MR) is 270 cm³/mol. The van der Waals surface area contributed by atoms with Crippen LogP contribution in [0, 0.1) is 16.7 Å². The summed E-state index contributed by atoms with van der Waals surface area (Å²) in [5.41, 5.74) is 4.30. The summed E-state index contributed by atoms with van der Waals surface area (Å²) in [4.78, 5) is 0. The van der Waals surface area contributed by atoms with Crippen molar-refractivity contribution in [2.45, 2.75) is 188 Å². The summed E-state index contributed by atoms with van der Waals surface area (Å²) >= 11 is 13.5. The Labute approximate surface area is 380 Å².